The van der Waals surface area contributed by atoms with Crippen molar-refractivity contribution in [1.82, 2.24) is 14.9 Å². The van der Waals surface area contributed by atoms with Crippen LogP contribution in [0, 0.1) is 0 Å². The van der Waals surface area contributed by atoms with E-state index in [9.17, 15) is 4.79 Å². The molecular formula is C16H17N3O2. The maximum absolute atomic E-state index is 12.3. The number of amides is 1. The number of methoxy groups -OCH3 is 1. The molecule has 0 radical (unpaired) electrons. The van der Waals surface area contributed by atoms with Crippen LogP contribution < -0.4 is 4.74 Å². The molecule has 0 N–H and O–H groups in total. The zero-order valence-electron chi connectivity index (χ0n) is 11.9. The minimum Gasteiger partial charge on any atom is -0.497 e. The lowest BCUT2D eigenvalue weighted by atomic mass is 9.98. The molecule has 2 aromatic rings. The fourth-order valence-electron chi connectivity index (χ4n) is 2.66. The molecule has 0 aliphatic carbocycles. The number of nitrogens with zero attached hydrogens (tertiary/aromatic N) is 3. The lowest BCUT2D eigenvalue weighted by Crippen LogP contribution is -2.29. The van der Waals surface area contributed by atoms with Gasteiger partial charge in [-0.1, -0.05) is 12.1 Å². The molecule has 1 atom stereocenters. The smallest absolute Gasteiger partial charge is 0.274 e. The van der Waals surface area contributed by atoms with Crippen molar-refractivity contribution >= 4 is 5.91 Å². The second kappa shape index (κ2) is 5.91. The highest BCUT2D eigenvalue weighted by Gasteiger charge is 2.28. The normalized spacial score (nSPS) is 17.8. The lowest BCUT2D eigenvalue weighted by molar-refractivity contribution is 0.0784. The van der Waals surface area contributed by atoms with Gasteiger partial charge in [-0.15, -0.1) is 0 Å². The van der Waals surface area contributed by atoms with E-state index >= 15 is 0 Å². The number of benzene rings is 1. The van der Waals surface area contributed by atoms with E-state index < -0.39 is 0 Å². The molecule has 108 valence electrons. The van der Waals surface area contributed by atoms with Gasteiger partial charge < -0.3 is 9.64 Å². The first kappa shape index (κ1) is 13.5. The number of aromatic nitrogens is 2. The molecule has 0 saturated carbocycles. The van der Waals surface area contributed by atoms with Gasteiger partial charge in [-0.2, -0.15) is 0 Å². The van der Waals surface area contributed by atoms with Crippen LogP contribution in [-0.4, -0.2) is 41.0 Å². The first-order chi connectivity index (χ1) is 10.3. The van der Waals surface area contributed by atoms with Crippen molar-refractivity contribution in [1.29, 1.82) is 0 Å². The number of hydrogen-bond donors (Lipinski definition) is 0. The first-order valence-electron chi connectivity index (χ1n) is 6.97. The van der Waals surface area contributed by atoms with Gasteiger partial charge in [0.2, 0.25) is 0 Å². The average molecular weight is 283 g/mol. The predicted octanol–water partition coefficient (Wildman–Crippen LogP) is 2.11. The van der Waals surface area contributed by atoms with Gasteiger partial charge in [-0.05, 0) is 24.1 Å². The third kappa shape index (κ3) is 2.86. The molecule has 5 heteroatoms. The van der Waals surface area contributed by atoms with Gasteiger partial charge in [0.25, 0.3) is 5.91 Å². The molecule has 0 bridgehead atoms. The topological polar surface area (TPSA) is 55.3 Å². The maximum Gasteiger partial charge on any atom is 0.274 e. The van der Waals surface area contributed by atoms with Crippen LogP contribution in [0.1, 0.15) is 28.4 Å². The van der Waals surface area contributed by atoms with E-state index in [1.807, 2.05) is 17.0 Å². The van der Waals surface area contributed by atoms with Crippen molar-refractivity contribution in [3.8, 4) is 5.75 Å². The Morgan fingerprint density at radius 2 is 2.10 bits per heavy atom. The zero-order valence-corrected chi connectivity index (χ0v) is 11.9. The van der Waals surface area contributed by atoms with E-state index in [0.717, 1.165) is 25.3 Å². The van der Waals surface area contributed by atoms with Crippen LogP contribution >= 0.6 is 0 Å². The predicted molar refractivity (Wildman–Crippen MR) is 78.3 cm³/mol. The second-order valence-corrected chi connectivity index (χ2v) is 5.10. The van der Waals surface area contributed by atoms with Gasteiger partial charge in [-0.25, -0.2) is 4.98 Å². The molecule has 1 aliphatic heterocycles. The summed E-state index contributed by atoms with van der Waals surface area (Å²) in [5.74, 6) is 1.18. The van der Waals surface area contributed by atoms with Crippen LogP contribution in [0.15, 0.2) is 42.9 Å². The summed E-state index contributed by atoms with van der Waals surface area (Å²) in [7, 11) is 1.66. The molecule has 1 saturated heterocycles. The van der Waals surface area contributed by atoms with E-state index in [4.69, 9.17) is 4.74 Å². The largest absolute Gasteiger partial charge is 0.497 e. The quantitative estimate of drug-likeness (QED) is 0.865. The Morgan fingerprint density at radius 1 is 1.29 bits per heavy atom. The molecule has 1 amide bonds. The SMILES string of the molecule is COc1ccc(C2CCN(C(=O)c3cnccn3)C2)cc1. The Balaban J connectivity index is 1.69. The summed E-state index contributed by atoms with van der Waals surface area (Å²) in [6.45, 7) is 1.48. The molecule has 1 aliphatic rings. The third-order valence-electron chi connectivity index (χ3n) is 3.84. The Kier molecular flexibility index (Phi) is 3.81. The highest BCUT2D eigenvalue weighted by Crippen LogP contribution is 2.29. The van der Waals surface area contributed by atoms with Crippen molar-refractivity contribution in [3.63, 3.8) is 0 Å². The Morgan fingerprint density at radius 3 is 2.76 bits per heavy atom. The second-order valence-electron chi connectivity index (χ2n) is 5.10. The number of likely N-dealkylation sites (tertiary alicyclic amines) is 1. The van der Waals surface area contributed by atoms with Gasteiger partial charge in [0.1, 0.15) is 11.4 Å². The molecule has 1 aromatic heterocycles. The van der Waals surface area contributed by atoms with Gasteiger partial charge in [0, 0.05) is 31.4 Å². The van der Waals surface area contributed by atoms with Crippen LogP contribution in [0.5, 0.6) is 5.75 Å². The van der Waals surface area contributed by atoms with Crippen LogP contribution in [0.4, 0.5) is 0 Å². The molecule has 0 spiro atoms. The van der Waals surface area contributed by atoms with Crippen LogP contribution in [0.3, 0.4) is 0 Å². The summed E-state index contributed by atoms with van der Waals surface area (Å²) in [4.78, 5) is 22.2. The number of carbonyl (C=O) groups excluding carboxylic acids is 1. The van der Waals surface area contributed by atoms with Crippen molar-refractivity contribution in [2.24, 2.45) is 0 Å². The molecule has 5 nitrogen and oxygen atoms in total. The summed E-state index contributed by atoms with van der Waals surface area (Å²) >= 11 is 0. The summed E-state index contributed by atoms with van der Waals surface area (Å²) < 4.78 is 5.17. The molecular weight excluding hydrogens is 266 g/mol. The third-order valence-corrected chi connectivity index (χ3v) is 3.84. The van der Waals surface area contributed by atoms with E-state index in [2.05, 4.69) is 22.1 Å². The first-order valence-corrected chi connectivity index (χ1v) is 6.97. The number of ether oxygens (including phenoxy) is 1. The summed E-state index contributed by atoms with van der Waals surface area (Å²) in [6, 6.07) is 8.06. The van der Waals surface area contributed by atoms with Crippen LogP contribution in [0.2, 0.25) is 0 Å². The molecule has 1 fully saturated rings. The molecule has 1 aromatic carbocycles. The van der Waals surface area contributed by atoms with E-state index in [1.165, 1.54) is 11.8 Å². The van der Waals surface area contributed by atoms with Crippen LogP contribution in [-0.2, 0) is 0 Å². The molecule has 3 rings (SSSR count). The van der Waals surface area contributed by atoms with Crippen molar-refractivity contribution in [2.75, 3.05) is 20.2 Å². The van der Waals surface area contributed by atoms with Crippen molar-refractivity contribution in [3.05, 3.63) is 54.1 Å². The fraction of sp³-hybridized carbons (Fsp3) is 0.312. The Labute approximate surface area is 123 Å². The Hall–Kier alpha value is -2.43. The number of rotatable bonds is 3. The number of carbonyl (C=O) groups is 1. The maximum atomic E-state index is 12.3. The van der Waals surface area contributed by atoms with Gasteiger partial charge >= 0.3 is 0 Å². The molecule has 2 heterocycles. The average Bonchev–Trinajstić information content (AvgIpc) is 3.05. The minimum absolute atomic E-state index is 0.0425. The van der Waals surface area contributed by atoms with E-state index in [-0.39, 0.29) is 5.91 Å². The van der Waals surface area contributed by atoms with Gasteiger partial charge in [-0.3, -0.25) is 9.78 Å². The van der Waals surface area contributed by atoms with Gasteiger partial charge in [0.15, 0.2) is 0 Å². The summed E-state index contributed by atoms with van der Waals surface area (Å²) in [5.41, 5.74) is 1.65. The van der Waals surface area contributed by atoms with Crippen molar-refractivity contribution < 1.29 is 9.53 Å². The summed E-state index contributed by atoms with van der Waals surface area (Å²) in [6.07, 6.45) is 5.60. The number of hydrogen-bond acceptors (Lipinski definition) is 4. The van der Waals surface area contributed by atoms with Crippen LogP contribution in [0.25, 0.3) is 0 Å². The van der Waals surface area contributed by atoms with E-state index in [1.54, 1.807) is 19.5 Å². The monoisotopic (exact) mass is 283 g/mol. The minimum atomic E-state index is -0.0425. The fourth-order valence-corrected chi connectivity index (χ4v) is 2.66. The highest BCUT2D eigenvalue weighted by atomic mass is 16.5. The highest BCUT2D eigenvalue weighted by molar-refractivity contribution is 5.92. The molecule has 1 unspecified atom stereocenters. The Bertz CT molecular complexity index is 613. The standard InChI is InChI=1S/C16H17N3O2/c1-21-14-4-2-12(3-5-14)13-6-9-19(11-13)16(20)15-10-17-7-8-18-15/h2-5,7-8,10,13H,6,9,11H2,1H3. The molecule has 21 heavy (non-hydrogen) atoms. The zero-order chi connectivity index (χ0) is 14.7. The van der Waals surface area contributed by atoms with Gasteiger partial charge in [0.05, 0.1) is 13.3 Å². The summed E-state index contributed by atoms with van der Waals surface area (Å²) in [5, 5.41) is 0. The van der Waals surface area contributed by atoms with E-state index in [0.29, 0.717) is 11.6 Å². The lowest BCUT2D eigenvalue weighted by Gasteiger charge is -2.16. The van der Waals surface area contributed by atoms with Crippen molar-refractivity contribution in [2.45, 2.75) is 12.3 Å².